The lowest BCUT2D eigenvalue weighted by Gasteiger charge is -2.23. The van der Waals surface area contributed by atoms with Gasteiger partial charge in [-0.2, -0.15) is 9.97 Å². The van der Waals surface area contributed by atoms with Gasteiger partial charge in [0.2, 0.25) is 5.95 Å². The highest BCUT2D eigenvalue weighted by molar-refractivity contribution is 5.85. The van der Waals surface area contributed by atoms with Crippen molar-refractivity contribution in [3.8, 4) is 5.69 Å². The molecule has 4 heterocycles. The minimum absolute atomic E-state index is 0.0266. The molecule has 1 fully saturated rings. The molecule has 0 spiro atoms. The number of hydrogen-bond donors (Lipinski definition) is 3. The van der Waals surface area contributed by atoms with Crippen LogP contribution in [0.25, 0.3) is 27.9 Å². The van der Waals surface area contributed by atoms with E-state index in [4.69, 9.17) is 9.97 Å². The first-order valence-corrected chi connectivity index (χ1v) is 11.2. The Labute approximate surface area is 190 Å². The van der Waals surface area contributed by atoms with Crippen molar-refractivity contribution in [1.29, 1.82) is 0 Å². The molecule has 9 heteroatoms. The number of imidazole rings is 2. The molecule has 166 valence electrons. The molecule has 9 nitrogen and oxygen atoms in total. The third-order valence-corrected chi connectivity index (χ3v) is 6.13. The lowest BCUT2D eigenvalue weighted by atomic mass is 10.2. The van der Waals surface area contributed by atoms with E-state index in [1.165, 1.54) is 0 Å². The van der Waals surface area contributed by atoms with Crippen LogP contribution in [0.4, 0.5) is 11.8 Å². The zero-order chi connectivity index (χ0) is 22.2. The average molecular weight is 441 g/mol. The van der Waals surface area contributed by atoms with Crippen LogP contribution in [0.1, 0.15) is 18.7 Å². The van der Waals surface area contributed by atoms with E-state index in [1.54, 1.807) is 6.33 Å². The van der Waals surface area contributed by atoms with Gasteiger partial charge in [0, 0.05) is 12.2 Å². The summed E-state index contributed by atoms with van der Waals surface area (Å²) in [5, 5.41) is 13.3. The number of aromatic nitrogens is 6. The van der Waals surface area contributed by atoms with Gasteiger partial charge >= 0.3 is 0 Å². The zero-order valence-electron chi connectivity index (χ0n) is 18.0. The molecule has 1 unspecified atom stereocenters. The van der Waals surface area contributed by atoms with Gasteiger partial charge in [-0.25, -0.2) is 9.97 Å². The summed E-state index contributed by atoms with van der Waals surface area (Å²) in [7, 11) is 0. The molecule has 3 N–H and O–H groups in total. The summed E-state index contributed by atoms with van der Waals surface area (Å²) in [6, 6.07) is 18.0. The van der Waals surface area contributed by atoms with E-state index >= 15 is 0 Å². The van der Waals surface area contributed by atoms with E-state index in [2.05, 4.69) is 25.2 Å². The first-order chi connectivity index (χ1) is 16.3. The largest absolute Gasteiger partial charge is 0.394 e. The Kier molecular flexibility index (Phi) is 4.88. The van der Waals surface area contributed by atoms with E-state index < -0.39 is 0 Å². The van der Waals surface area contributed by atoms with E-state index in [-0.39, 0.29) is 12.6 Å². The van der Waals surface area contributed by atoms with Crippen molar-refractivity contribution >= 4 is 34.0 Å². The van der Waals surface area contributed by atoms with Crippen molar-refractivity contribution in [2.75, 3.05) is 23.4 Å². The fraction of sp³-hybridized carbons (Fsp3) is 0.250. The number of benzene rings is 2. The molecule has 0 aliphatic carbocycles. The Bertz CT molecular complexity index is 1380. The predicted molar refractivity (Wildman–Crippen MR) is 128 cm³/mol. The summed E-state index contributed by atoms with van der Waals surface area (Å²) < 4.78 is 1.97. The molecule has 0 bridgehead atoms. The van der Waals surface area contributed by atoms with Gasteiger partial charge in [0.1, 0.15) is 12.2 Å². The molecule has 1 atom stereocenters. The highest BCUT2D eigenvalue weighted by Crippen LogP contribution is 2.29. The second-order valence-corrected chi connectivity index (χ2v) is 8.22. The molecule has 0 amide bonds. The van der Waals surface area contributed by atoms with Gasteiger partial charge in [0.15, 0.2) is 17.0 Å². The molecule has 5 aromatic rings. The van der Waals surface area contributed by atoms with Crippen LogP contribution in [0.5, 0.6) is 0 Å². The summed E-state index contributed by atoms with van der Waals surface area (Å²) in [4.78, 5) is 24.4. The van der Waals surface area contributed by atoms with Crippen LogP contribution in [0.15, 0.2) is 60.9 Å². The van der Waals surface area contributed by atoms with Crippen molar-refractivity contribution in [2.24, 2.45) is 0 Å². The number of aliphatic hydroxyl groups excluding tert-OH is 1. The summed E-state index contributed by atoms with van der Waals surface area (Å²) in [5.41, 5.74) is 4.33. The molecule has 1 aliphatic heterocycles. The van der Waals surface area contributed by atoms with Gasteiger partial charge in [-0.3, -0.25) is 4.57 Å². The minimum Gasteiger partial charge on any atom is -0.394 e. The van der Waals surface area contributed by atoms with Gasteiger partial charge in [-0.05, 0) is 37.1 Å². The Hall–Kier alpha value is -3.98. The number of para-hydroxylation sites is 3. The second-order valence-electron chi connectivity index (χ2n) is 8.22. The standard InChI is InChI=1S/C24H24N8O/c33-14-17-9-6-12-31(17)24-29-22(25-13-20-27-18-10-4-5-11-19(18)28-20)21-23(30-24)32(15-26-21)16-7-2-1-3-8-16/h1-5,7-8,10-11,15,17,33H,6,9,12-14H2,(H,27,28)(H,25,29,30). The van der Waals surface area contributed by atoms with Gasteiger partial charge in [0.25, 0.3) is 0 Å². The maximum atomic E-state index is 9.85. The number of hydrogen-bond acceptors (Lipinski definition) is 7. The molecule has 6 rings (SSSR count). The van der Waals surface area contributed by atoms with Crippen LogP contribution >= 0.6 is 0 Å². The maximum absolute atomic E-state index is 9.85. The van der Waals surface area contributed by atoms with E-state index in [1.807, 2.05) is 59.2 Å². The molecule has 3 aromatic heterocycles. The van der Waals surface area contributed by atoms with Crippen LogP contribution < -0.4 is 10.2 Å². The number of rotatable bonds is 6. The Morgan fingerprint density at radius 3 is 2.73 bits per heavy atom. The minimum atomic E-state index is 0.0266. The summed E-state index contributed by atoms with van der Waals surface area (Å²) in [6.45, 7) is 1.38. The van der Waals surface area contributed by atoms with Crippen molar-refractivity contribution in [3.63, 3.8) is 0 Å². The SMILES string of the molecule is OCC1CCCN1c1nc(NCc2nc3ccccc3[nH]2)c2ncn(-c3ccccc3)c2n1. The van der Waals surface area contributed by atoms with Crippen LogP contribution in [0, 0.1) is 0 Å². The molecule has 1 saturated heterocycles. The van der Waals surface area contributed by atoms with Crippen molar-refractivity contribution < 1.29 is 5.11 Å². The maximum Gasteiger partial charge on any atom is 0.229 e. The highest BCUT2D eigenvalue weighted by atomic mass is 16.3. The summed E-state index contributed by atoms with van der Waals surface area (Å²) in [5.74, 6) is 2.07. The normalized spacial score (nSPS) is 16.2. The first-order valence-electron chi connectivity index (χ1n) is 11.2. The topological polar surface area (TPSA) is 108 Å². The zero-order valence-corrected chi connectivity index (χ0v) is 18.0. The first kappa shape index (κ1) is 19.7. The fourth-order valence-corrected chi connectivity index (χ4v) is 4.46. The number of anilines is 2. The number of aliphatic hydroxyl groups is 1. The quantitative estimate of drug-likeness (QED) is 0.372. The monoisotopic (exact) mass is 440 g/mol. The lowest BCUT2D eigenvalue weighted by Crippen LogP contribution is -2.33. The molecular weight excluding hydrogens is 416 g/mol. The van der Waals surface area contributed by atoms with Crippen LogP contribution in [0.2, 0.25) is 0 Å². The molecule has 0 saturated carbocycles. The molecule has 2 aromatic carbocycles. The van der Waals surface area contributed by atoms with E-state index in [9.17, 15) is 5.11 Å². The van der Waals surface area contributed by atoms with Gasteiger partial charge in [0.05, 0.1) is 30.2 Å². The Balaban J connectivity index is 1.41. The molecular formula is C24H24N8O. The Morgan fingerprint density at radius 2 is 1.88 bits per heavy atom. The van der Waals surface area contributed by atoms with Gasteiger partial charge in [-0.15, -0.1) is 0 Å². The van der Waals surface area contributed by atoms with Crippen molar-refractivity contribution in [3.05, 3.63) is 66.7 Å². The molecule has 1 aliphatic rings. The third kappa shape index (κ3) is 3.56. The second kappa shape index (κ2) is 8.18. The van der Waals surface area contributed by atoms with Crippen LogP contribution in [-0.4, -0.2) is 53.8 Å². The molecule has 33 heavy (non-hydrogen) atoms. The third-order valence-electron chi connectivity index (χ3n) is 6.13. The number of H-pyrrole nitrogens is 1. The number of aromatic amines is 1. The summed E-state index contributed by atoms with van der Waals surface area (Å²) >= 11 is 0. The van der Waals surface area contributed by atoms with Gasteiger partial charge in [-0.1, -0.05) is 30.3 Å². The van der Waals surface area contributed by atoms with Crippen molar-refractivity contribution in [1.82, 2.24) is 29.5 Å². The fourth-order valence-electron chi connectivity index (χ4n) is 4.46. The average Bonchev–Trinajstić information content (AvgIpc) is 3.60. The van der Waals surface area contributed by atoms with Crippen LogP contribution in [0.3, 0.4) is 0 Å². The lowest BCUT2D eigenvalue weighted by molar-refractivity contribution is 0.265. The smallest absolute Gasteiger partial charge is 0.229 e. The van der Waals surface area contributed by atoms with Crippen LogP contribution in [-0.2, 0) is 6.54 Å². The molecule has 0 radical (unpaired) electrons. The highest BCUT2D eigenvalue weighted by Gasteiger charge is 2.27. The van der Waals surface area contributed by atoms with Gasteiger partial charge < -0.3 is 20.3 Å². The predicted octanol–water partition coefficient (Wildman–Crippen LogP) is 3.27. The van der Waals surface area contributed by atoms with Crippen molar-refractivity contribution in [2.45, 2.75) is 25.4 Å². The number of nitrogens with one attached hydrogen (secondary N) is 2. The van der Waals surface area contributed by atoms with E-state index in [0.29, 0.717) is 23.8 Å². The number of fused-ring (bicyclic) bond motifs is 2. The number of nitrogens with zero attached hydrogens (tertiary/aromatic N) is 6. The Morgan fingerprint density at radius 1 is 1.03 bits per heavy atom. The summed E-state index contributed by atoms with van der Waals surface area (Å²) in [6.07, 6.45) is 3.71. The van der Waals surface area contributed by atoms with E-state index in [0.717, 1.165) is 47.6 Å².